The molecule has 22 heavy (non-hydrogen) atoms. The van der Waals surface area contributed by atoms with Crippen molar-refractivity contribution in [1.29, 1.82) is 0 Å². The predicted molar refractivity (Wildman–Crippen MR) is 93.0 cm³/mol. The second-order valence-electron chi connectivity index (χ2n) is 4.15. The molecule has 0 fully saturated rings. The van der Waals surface area contributed by atoms with Gasteiger partial charge in [0.15, 0.2) is 5.75 Å². The van der Waals surface area contributed by atoms with E-state index in [4.69, 9.17) is 39.5 Å². The molecule has 0 unspecified atom stereocenters. The molecule has 0 saturated carbocycles. The van der Waals surface area contributed by atoms with E-state index < -0.39 is 10.0 Å². The zero-order chi connectivity index (χ0) is 16.5. The van der Waals surface area contributed by atoms with E-state index in [0.717, 1.165) is 0 Å². The summed E-state index contributed by atoms with van der Waals surface area (Å²) >= 11 is 20.9. The number of ether oxygens (including phenoxy) is 1. The molecule has 0 atom stereocenters. The summed E-state index contributed by atoms with van der Waals surface area (Å²) in [5.41, 5.74) is 0.198. The average Bonchev–Trinajstić information content (AvgIpc) is 2.41. The predicted octanol–water partition coefficient (Wildman–Crippen LogP) is 5.22. The minimum Gasteiger partial charge on any atom is -0.494 e. The highest BCUT2D eigenvalue weighted by atomic mass is 79.9. The maximum Gasteiger partial charge on any atom is 0.265 e. The van der Waals surface area contributed by atoms with Gasteiger partial charge < -0.3 is 4.74 Å². The van der Waals surface area contributed by atoms with Crippen molar-refractivity contribution in [3.8, 4) is 5.75 Å². The lowest BCUT2D eigenvalue weighted by Gasteiger charge is -2.14. The van der Waals surface area contributed by atoms with Crippen molar-refractivity contribution < 1.29 is 13.2 Å². The van der Waals surface area contributed by atoms with Crippen molar-refractivity contribution in [2.24, 2.45) is 0 Å². The summed E-state index contributed by atoms with van der Waals surface area (Å²) < 4.78 is 33.0. The zero-order valence-electron chi connectivity index (χ0n) is 11.0. The number of hydrogen-bond donors (Lipinski definition) is 1. The van der Waals surface area contributed by atoms with Gasteiger partial charge >= 0.3 is 0 Å². The molecule has 0 aliphatic carbocycles. The second-order valence-corrected chi connectivity index (χ2v) is 7.93. The monoisotopic (exact) mass is 443 g/mol. The Kier molecular flexibility index (Phi) is 5.50. The first kappa shape index (κ1) is 17.7. The lowest BCUT2D eigenvalue weighted by atomic mass is 10.3. The quantitative estimate of drug-likeness (QED) is 0.702. The van der Waals surface area contributed by atoms with Crippen LogP contribution in [0.5, 0.6) is 5.75 Å². The van der Waals surface area contributed by atoms with Gasteiger partial charge in [-0.1, -0.05) is 34.8 Å². The lowest BCUT2D eigenvalue weighted by molar-refractivity contribution is 0.400. The minimum absolute atomic E-state index is 0.111. The van der Waals surface area contributed by atoms with Crippen LogP contribution >= 0.6 is 50.7 Å². The number of sulfonamides is 1. The molecule has 0 heterocycles. The Balaban J connectivity index is 2.51. The van der Waals surface area contributed by atoms with Crippen LogP contribution in [0.4, 0.5) is 5.69 Å². The van der Waals surface area contributed by atoms with Crippen molar-refractivity contribution in [3.05, 3.63) is 49.9 Å². The molecule has 2 rings (SSSR count). The van der Waals surface area contributed by atoms with Crippen LogP contribution in [-0.2, 0) is 10.0 Å². The molecule has 0 aliphatic rings. The SMILES string of the molecule is COc1c(Br)cc(Cl)cc1S(=O)(=O)Nc1ccc(Cl)cc1Cl. The van der Waals surface area contributed by atoms with Crippen LogP contribution in [0.25, 0.3) is 0 Å². The molecule has 0 bridgehead atoms. The molecule has 0 amide bonds. The minimum atomic E-state index is -3.95. The van der Waals surface area contributed by atoms with Crippen molar-refractivity contribution in [3.63, 3.8) is 0 Å². The Morgan fingerprint density at radius 1 is 1.09 bits per heavy atom. The molecule has 9 heteroatoms. The van der Waals surface area contributed by atoms with E-state index in [0.29, 0.717) is 9.50 Å². The topological polar surface area (TPSA) is 55.4 Å². The first-order chi connectivity index (χ1) is 10.2. The fourth-order valence-electron chi connectivity index (χ4n) is 1.71. The third kappa shape index (κ3) is 3.81. The fourth-order valence-corrected chi connectivity index (χ4v) is 4.68. The zero-order valence-corrected chi connectivity index (χ0v) is 15.7. The van der Waals surface area contributed by atoms with Crippen molar-refractivity contribution >= 4 is 66.4 Å². The average molecular weight is 446 g/mol. The van der Waals surface area contributed by atoms with E-state index in [1.165, 1.54) is 37.4 Å². The van der Waals surface area contributed by atoms with Crippen LogP contribution in [0.15, 0.2) is 39.7 Å². The number of methoxy groups -OCH3 is 1. The van der Waals surface area contributed by atoms with Gasteiger partial charge in [-0.05, 0) is 46.3 Å². The van der Waals surface area contributed by atoms with E-state index in [-0.39, 0.29) is 26.4 Å². The molecule has 0 radical (unpaired) electrons. The molecule has 0 saturated heterocycles. The lowest BCUT2D eigenvalue weighted by Crippen LogP contribution is -2.14. The summed E-state index contributed by atoms with van der Waals surface area (Å²) in [5, 5.41) is 0.822. The number of hydrogen-bond acceptors (Lipinski definition) is 3. The first-order valence-corrected chi connectivity index (χ1v) is 9.16. The van der Waals surface area contributed by atoms with Gasteiger partial charge in [-0.25, -0.2) is 8.42 Å². The Morgan fingerprint density at radius 3 is 2.36 bits per heavy atom. The smallest absolute Gasteiger partial charge is 0.265 e. The van der Waals surface area contributed by atoms with E-state index in [9.17, 15) is 8.42 Å². The van der Waals surface area contributed by atoms with Crippen LogP contribution in [0, 0.1) is 0 Å². The van der Waals surface area contributed by atoms with E-state index in [1.54, 1.807) is 0 Å². The summed E-state index contributed by atoms with van der Waals surface area (Å²) in [7, 11) is -2.59. The number of nitrogens with one attached hydrogen (secondary N) is 1. The molecule has 1 N–H and O–H groups in total. The molecule has 2 aromatic rings. The Morgan fingerprint density at radius 2 is 1.77 bits per heavy atom. The Hall–Kier alpha value is -0.660. The van der Waals surface area contributed by atoms with Gasteiger partial charge in [-0.3, -0.25) is 4.72 Å². The van der Waals surface area contributed by atoms with Gasteiger partial charge in [0.05, 0.1) is 22.3 Å². The highest BCUT2D eigenvalue weighted by Crippen LogP contribution is 2.37. The van der Waals surface area contributed by atoms with E-state index >= 15 is 0 Å². The largest absolute Gasteiger partial charge is 0.494 e. The molecule has 2 aromatic carbocycles. The first-order valence-electron chi connectivity index (χ1n) is 5.75. The molecule has 118 valence electrons. The van der Waals surface area contributed by atoms with Crippen LogP contribution in [0.1, 0.15) is 0 Å². The normalized spacial score (nSPS) is 11.3. The molecular formula is C13H9BrCl3NO3S. The third-order valence-corrected chi connectivity index (χ3v) is 5.37. The van der Waals surface area contributed by atoms with Crippen LogP contribution < -0.4 is 9.46 Å². The number of benzene rings is 2. The van der Waals surface area contributed by atoms with Crippen LogP contribution in [0.2, 0.25) is 15.1 Å². The van der Waals surface area contributed by atoms with Crippen molar-refractivity contribution in [2.75, 3.05) is 11.8 Å². The molecule has 0 spiro atoms. The Labute approximate surface area is 151 Å². The van der Waals surface area contributed by atoms with Crippen LogP contribution in [0.3, 0.4) is 0 Å². The van der Waals surface area contributed by atoms with E-state index in [1.807, 2.05) is 0 Å². The second kappa shape index (κ2) is 6.84. The number of anilines is 1. The highest BCUT2D eigenvalue weighted by molar-refractivity contribution is 9.10. The van der Waals surface area contributed by atoms with Gasteiger partial charge in [0, 0.05) is 10.0 Å². The number of rotatable bonds is 4. The van der Waals surface area contributed by atoms with Gasteiger partial charge in [-0.15, -0.1) is 0 Å². The summed E-state index contributed by atoms with van der Waals surface area (Å²) in [6.07, 6.45) is 0. The standard InChI is InChI=1S/C13H9BrCl3NO3S/c1-21-13-9(14)4-8(16)6-12(13)22(19,20)18-11-3-2-7(15)5-10(11)17/h2-6,18H,1H3. The van der Waals surface area contributed by atoms with Gasteiger partial charge in [-0.2, -0.15) is 0 Å². The van der Waals surface area contributed by atoms with E-state index in [2.05, 4.69) is 20.7 Å². The fraction of sp³-hybridized carbons (Fsp3) is 0.0769. The van der Waals surface area contributed by atoms with Gasteiger partial charge in [0.2, 0.25) is 0 Å². The summed E-state index contributed by atoms with van der Waals surface area (Å²) in [6.45, 7) is 0. The van der Waals surface area contributed by atoms with Crippen LogP contribution in [-0.4, -0.2) is 15.5 Å². The van der Waals surface area contributed by atoms with Gasteiger partial charge in [0.25, 0.3) is 10.0 Å². The van der Waals surface area contributed by atoms with Crippen molar-refractivity contribution in [2.45, 2.75) is 4.90 Å². The third-order valence-electron chi connectivity index (χ3n) is 2.64. The molecular weight excluding hydrogens is 436 g/mol. The maximum absolute atomic E-state index is 12.6. The molecule has 0 aliphatic heterocycles. The molecule has 0 aromatic heterocycles. The Bertz CT molecular complexity index is 828. The summed E-state index contributed by atoms with van der Waals surface area (Å²) in [5.74, 6) is 0.141. The summed E-state index contributed by atoms with van der Waals surface area (Å²) in [4.78, 5) is -0.111. The molecule has 4 nitrogen and oxygen atoms in total. The van der Waals surface area contributed by atoms with Gasteiger partial charge in [0.1, 0.15) is 4.90 Å². The maximum atomic E-state index is 12.6. The van der Waals surface area contributed by atoms with Crippen molar-refractivity contribution in [1.82, 2.24) is 0 Å². The number of halogens is 4. The highest BCUT2D eigenvalue weighted by Gasteiger charge is 2.23. The summed E-state index contributed by atoms with van der Waals surface area (Å²) in [6, 6.07) is 7.25.